The first-order chi connectivity index (χ1) is 4.59. The fourth-order valence-electron chi connectivity index (χ4n) is 0.387. The monoisotopic (exact) mass is 144 g/mol. The Morgan fingerprint density at radius 3 is 2.30 bits per heavy atom. The molecule has 0 aliphatic carbocycles. The average Bonchev–Trinajstić information content (AvgIpc) is 1.87. The molecule has 0 amide bonds. The van der Waals surface area contributed by atoms with E-state index in [0.717, 1.165) is 0 Å². The van der Waals surface area contributed by atoms with Gasteiger partial charge in [0, 0.05) is 0 Å². The lowest BCUT2D eigenvalue weighted by Crippen LogP contribution is -2.06. The van der Waals surface area contributed by atoms with Crippen LogP contribution in [0.3, 0.4) is 0 Å². The summed E-state index contributed by atoms with van der Waals surface area (Å²) in [5.41, 5.74) is 0.266. The first-order valence-electron chi connectivity index (χ1n) is 3.13. The minimum Gasteiger partial charge on any atom is -0.512 e. The van der Waals surface area contributed by atoms with Crippen molar-refractivity contribution in [3.63, 3.8) is 0 Å². The van der Waals surface area contributed by atoms with Crippen LogP contribution >= 0.6 is 0 Å². The Hall–Kier alpha value is -0.990. The summed E-state index contributed by atoms with van der Waals surface area (Å²) in [4.78, 5) is 10.7. The molecule has 3 heteroatoms. The van der Waals surface area contributed by atoms with E-state index in [4.69, 9.17) is 5.11 Å². The number of allylic oxidation sites excluding steroid dienone is 1. The Bertz CT molecular complexity index is 154. The molecular weight excluding hydrogens is 132 g/mol. The molecule has 58 valence electrons. The van der Waals surface area contributed by atoms with Crippen molar-refractivity contribution in [3.05, 3.63) is 11.3 Å². The first kappa shape index (κ1) is 9.01. The number of aliphatic hydroxyl groups excluding tert-OH is 1. The highest BCUT2D eigenvalue weighted by Crippen LogP contribution is 2.01. The summed E-state index contributed by atoms with van der Waals surface area (Å²) in [5.74, 6) is -0.444. The molecular formula is C7H12O3. The quantitative estimate of drug-likeness (QED) is 0.362. The van der Waals surface area contributed by atoms with Crippen LogP contribution in [0, 0.1) is 0 Å². The minimum atomic E-state index is -0.456. The average molecular weight is 144 g/mol. The molecule has 0 heterocycles. The molecule has 0 aromatic carbocycles. The van der Waals surface area contributed by atoms with E-state index < -0.39 is 5.97 Å². The van der Waals surface area contributed by atoms with Gasteiger partial charge in [-0.3, -0.25) is 0 Å². The number of esters is 1. The van der Waals surface area contributed by atoms with Gasteiger partial charge in [-0.15, -0.1) is 0 Å². The summed E-state index contributed by atoms with van der Waals surface area (Å²) in [6.45, 7) is 5.03. The standard InChI is InChI=1S/C7H12O3/c1-4-10-7(9)5(2)6(3)8/h8H,4H2,1-3H3/b6-5-. The fourth-order valence-corrected chi connectivity index (χ4v) is 0.387. The molecule has 0 atom stereocenters. The van der Waals surface area contributed by atoms with Crippen molar-refractivity contribution in [1.29, 1.82) is 0 Å². The number of ether oxygens (including phenoxy) is 1. The maximum absolute atomic E-state index is 10.7. The molecule has 0 radical (unpaired) electrons. The summed E-state index contributed by atoms with van der Waals surface area (Å²) in [6, 6.07) is 0. The molecule has 0 rings (SSSR count). The second kappa shape index (κ2) is 3.93. The molecule has 0 aliphatic heterocycles. The van der Waals surface area contributed by atoms with Gasteiger partial charge in [0.15, 0.2) is 0 Å². The Labute approximate surface area is 60.3 Å². The van der Waals surface area contributed by atoms with Gasteiger partial charge in [-0.1, -0.05) is 0 Å². The van der Waals surface area contributed by atoms with Gasteiger partial charge >= 0.3 is 5.97 Å². The fraction of sp³-hybridized carbons (Fsp3) is 0.571. The molecule has 0 unspecified atom stereocenters. The van der Waals surface area contributed by atoms with E-state index in [1.54, 1.807) is 6.92 Å². The van der Waals surface area contributed by atoms with Crippen LogP contribution in [-0.4, -0.2) is 17.7 Å². The number of aliphatic hydroxyl groups is 1. The van der Waals surface area contributed by atoms with Crippen molar-refractivity contribution in [1.82, 2.24) is 0 Å². The molecule has 0 saturated heterocycles. The third-order valence-corrected chi connectivity index (χ3v) is 1.12. The molecule has 0 aromatic heterocycles. The van der Waals surface area contributed by atoms with E-state index in [9.17, 15) is 4.79 Å². The van der Waals surface area contributed by atoms with E-state index in [1.165, 1.54) is 13.8 Å². The lowest BCUT2D eigenvalue weighted by molar-refractivity contribution is -0.138. The number of hydrogen-bond acceptors (Lipinski definition) is 3. The molecule has 3 nitrogen and oxygen atoms in total. The van der Waals surface area contributed by atoms with Crippen LogP contribution in [0.25, 0.3) is 0 Å². The Morgan fingerprint density at radius 2 is 2.00 bits per heavy atom. The molecule has 1 N–H and O–H groups in total. The summed E-state index contributed by atoms with van der Waals surface area (Å²) in [5, 5.41) is 8.80. The lowest BCUT2D eigenvalue weighted by atomic mass is 10.3. The maximum Gasteiger partial charge on any atom is 0.337 e. The van der Waals surface area contributed by atoms with Gasteiger partial charge < -0.3 is 9.84 Å². The van der Waals surface area contributed by atoms with E-state index in [-0.39, 0.29) is 11.3 Å². The number of rotatable bonds is 2. The Balaban J connectivity index is 4.09. The smallest absolute Gasteiger partial charge is 0.337 e. The highest BCUT2D eigenvalue weighted by Gasteiger charge is 2.06. The third kappa shape index (κ3) is 2.53. The molecule has 0 saturated carbocycles. The van der Waals surface area contributed by atoms with Crippen LogP contribution in [0.1, 0.15) is 20.8 Å². The second-order valence-corrected chi connectivity index (χ2v) is 1.93. The SMILES string of the molecule is CCOC(=O)/C(C)=C(/C)O. The van der Waals surface area contributed by atoms with Crippen molar-refractivity contribution in [2.75, 3.05) is 6.61 Å². The van der Waals surface area contributed by atoms with E-state index in [0.29, 0.717) is 6.61 Å². The molecule has 0 fully saturated rings. The van der Waals surface area contributed by atoms with Crippen LogP contribution < -0.4 is 0 Å². The van der Waals surface area contributed by atoms with E-state index in [2.05, 4.69) is 4.74 Å². The maximum atomic E-state index is 10.7. The van der Waals surface area contributed by atoms with Gasteiger partial charge in [-0.25, -0.2) is 4.79 Å². The number of carbonyl (C=O) groups is 1. The summed E-state index contributed by atoms with van der Waals surface area (Å²) in [6.07, 6.45) is 0. The Kier molecular flexibility index (Phi) is 3.54. The zero-order chi connectivity index (χ0) is 8.15. The predicted molar refractivity (Wildman–Crippen MR) is 37.6 cm³/mol. The van der Waals surface area contributed by atoms with Crippen molar-refractivity contribution in [3.8, 4) is 0 Å². The van der Waals surface area contributed by atoms with Crippen LogP contribution in [0.2, 0.25) is 0 Å². The van der Waals surface area contributed by atoms with Crippen LogP contribution in [0.15, 0.2) is 11.3 Å². The third-order valence-electron chi connectivity index (χ3n) is 1.12. The Morgan fingerprint density at radius 1 is 1.50 bits per heavy atom. The number of carbonyl (C=O) groups excluding carboxylic acids is 1. The van der Waals surface area contributed by atoms with Crippen LogP contribution in [0.5, 0.6) is 0 Å². The normalized spacial score (nSPS) is 12.3. The van der Waals surface area contributed by atoms with Crippen molar-refractivity contribution < 1.29 is 14.6 Å². The van der Waals surface area contributed by atoms with Crippen molar-refractivity contribution >= 4 is 5.97 Å². The molecule has 0 aromatic rings. The number of hydrogen-bond donors (Lipinski definition) is 1. The van der Waals surface area contributed by atoms with Crippen molar-refractivity contribution in [2.24, 2.45) is 0 Å². The largest absolute Gasteiger partial charge is 0.512 e. The molecule has 10 heavy (non-hydrogen) atoms. The van der Waals surface area contributed by atoms with Crippen LogP contribution in [0.4, 0.5) is 0 Å². The van der Waals surface area contributed by atoms with Crippen molar-refractivity contribution in [2.45, 2.75) is 20.8 Å². The first-order valence-corrected chi connectivity index (χ1v) is 3.13. The van der Waals surface area contributed by atoms with Crippen LogP contribution in [-0.2, 0) is 9.53 Å². The van der Waals surface area contributed by atoms with Gasteiger partial charge in [0.05, 0.1) is 17.9 Å². The van der Waals surface area contributed by atoms with Gasteiger partial charge in [-0.05, 0) is 20.8 Å². The zero-order valence-electron chi connectivity index (χ0n) is 6.47. The minimum absolute atomic E-state index is 0.0125. The zero-order valence-corrected chi connectivity index (χ0v) is 6.47. The van der Waals surface area contributed by atoms with E-state index >= 15 is 0 Å². The van der Waals surface area contributed by atoms with Gasteiger partial charge in [0.25, 0.3) is 0 Å². The lowest BCUT2D eigenvalue weighted by Gasteiger charge is -2.00. The molecule has 0 aliphatic rings. The summed E-state index contributed by atoms with van der Waals surface area (Å²) in [7, 11) is 0. The molecule has 0 bridgehead atoms. The van der Waals surface area contributed by atoms with Gasteiger partial charge in [0.2, 0.25) is 0 Å². The summed E-state index contributed by atoms with van der Waals surface area (Å²) >= 11 is 0. The van der Waals surface area contributed by atoms with Gasteiger partial charge in [0.1, 0.15) is 0 Å². The molecule has 0 spiro atoms. The van der Waals surface area contributed by atoms with Gasteiger partial charge in [-0.2, -0.15) is 0 Å². The summed E-state index contributed by atoms with van der Waals surface area (Å²) < 4.78 is 4.61. The van der Waals surface area contributed by atoms with E-state index in [1.807, 2.05) is 0 Å². The second-order valence-electron chi connectivity index (χ2n) is 1.93. The topological polar surface area (TPSA) is 46.5 Å². The highest BCUT2D eigenvalue weighted by atomic mass is 16.5. The predicted octanol–water partition coefficient (Wildman–Crippen LogP) is 1.40. The highest BCUT2D eigenvalue weighted by molar-refractivity contribution is 5.88.